The van der Waals surface area contributed by atoms with E-state index < -0.39 is 0 Å². The Morgan fingerprint density at radius 3 is 2.28 bits per heavy atom. The maximum Gasteiger partial charge on any atom is 0.181 e. The van der Waals surface area contributed by atoms with Crippen molar-refractivity contribution < 1.29 is 4.74 Å². The Kier molecular flexibility index (Phi) is 9.20. The summed E-state index contributed by atoms with van der Waals surface area (Å²) in [6.07, 6.45) is 3.60. The Balaban J connectivity index is 0.00000181. The Hall–Kier alpha value is -2.93. The van der Waals surface area contributed by atoms with Crippen LogP contribution in [0.3, 0.4) is 0 Å². The van der Waals surface area contributed by atoms with Crippen LogP contribution in [0.5, 0.6) is 5.75 Å². The number of pyridine rings is 1. The Morgan fingerprint density at radius 1 is 0.938 bits per heavy atom. The molecule has 0 spiro atoms. The quantitative estimate of drug-likeness (QED) is 0.412. The number of benzene rings is 2. The molecule has 0 aliphatic heterocycles. The number of hydrogen-bond donors (Lipinski definition) is 1. The maximum absolute atomic E-state index is 5.31. The van der Waals surface area contributed by atoms with E-state index in [4.69, 9.17) is 9.72 Å². The van der Waals surface area contributed by atoms with Crippen molar-refractivity contribution in [1.82, 2.24) is 25.1 Å². The highest BCUT2D eigenvalue weighted by molar-refractivity contribution is 5.85. The van der Waals surface area contributed by atoms with Crippen LogP contribution in [0.4, 0.5) is 0 Å². The van der Waals surface area contributed by atoms with Gasteiger partial charge in [-0.3, -0.25) is 10.1 Å². The van der Waals surface area contributed by atoms with Crippen molar-refractivity contribution in [1.29, 1.82) is 0 Å². The van der Waals surface area contributed by atoms with Crippen molar-refractivity contribution in [3.8, 4) is 17.1 Å². The molecule has 32 heavy (non-hydrogen) atoms. The first kappa shape index (κ1) is 25.3. The average Bonchev–Trinajstić information content (AvgIpc) is 3.25. The molecule has 0 radical (unpaired) electrons. The highest BCUT2D eigenvalue weighted by Crippen LogP contribution is 2.31. The molecule has 4 rings (SSSR count). The smallest absolute Gasteiger partial charge is 0.181 e. The molecule has 0 saturated heterocycles. The van der Waals surface area contributed by atoms with Gasteiger partial charge >= 0.3 is 0 Å². The lowest BCUT2D eigenvalue weighted by molar-refractivity contribution is 0.402. The Labute approximate surface area is 200 Å². The molecule has 4 aromatic rings. The van der Waals surface area contributed by atoms with Crippen LogP contribution in [0.15, 0.2) is 73.1 Å². The highest BCUT2D eigenvalue weighted by atomic mass is 35.5. The molecule has 1 unspecified atom stereocenters. The fourth-order valence-electron chi connectivity index (χ4n) is 3.57. The average molecular weight is 472 g/mol. The molecule has 1 N–H and O–H groups in total. The molecule has 0 fully saturated rings. The molecular formula is C24H27Cl2N5O. The number of halogens is 2. The highest BCUT2D eigenvalue weighted by Gasteiger charge is 2.21. The zero-order valence-corrected chi connectivity index (χ0v) is 19.9. The van der Waals surface area contributed by atoms with E-state index in [0.29, 0.717) is 5.82 Å². The van der Waals surface area contributed by atoms with E-state index in [2.05, 4.69) is 58.4 Å². The maximum atomic E-state index is 5.31. The van der Waals surface area contributed by atoms with Crippen LogP contribution in [0.2, 0.25) is 0 Å². The van der Waals surface area contributed by atoms with E-state index in [1.807, 2.05) is 36.4 Å². The summed E-state index contributed by atoms with van der Waals surface area (Å²) >= 11 is 0. The van der Waals surface area contributed by atoms with Crippen molar-refractivity contribution in [3.05, 3.63) is 95.6 Å². The number of H-pyrrole nitrogens is 1. The fraction of sp³-hybridized carbons (Fsp3) is 0.208. The van der Waals surface area contributed by atoms with Gasteiger partial charge in [0.2, 0.25) is 0 Å². The number of methoxy groups -OCH3 is 1. The molecule has 8 heteroatoms. The van der Waals surface area contributed by atoms with E-state index in [-0.39, 0.29) is 30.7 Å². The summed E-state index contributed by atoms with van der Waals surface area (Å²) in [5.74, 6) is 2.23. The molecule has 0 saturated carbocycles. The number of ether oxygens (including phenoxy) is 1. The SMILES string of the molecule is COc1ccc(C(c2ccncc2)c2nc(-c3cccc(CN(C)C)c3)n[nH]2)cc1.Cl.Cl. The first-order valence-corrected chi connectivity index (χ1v) is 9.84. The molecule has 168 valence electrons. The summed E-state index contributed by atoms with van der Waals surface area (Å²) < 4.78 is 5.31. The Morgan fingerprint density at radius 2 is 1.62 bits per heavy atom. The molecule has 2 aromatic carbocycles. The second kappa shape index (κ2) is 11.6. The van der Waals surface area contributed by atoms with Gasteiger partial charge in [0.05, 0.1) is 13.0 Å². The van der Waals surface area contributed by atoms with Gasteiger partial charge in [0.15, 0.2) is 5.82 Å². The van der Waals surface area contributed by atoms with Gasteiger partial charge < -0.3 is 9.64 Å². The second-order valence-corrected chi connectivity index (χ2v) is 7.47. The second-order valence-electron chi connectivity index (χ2n) is 7.47. The fourth-order valence-corrected chi connectivity index (χ4v) is 3.57. The summed E-state index contributed by atoms with van der Waals surface area (Å²) in [6, 6.07) is 20.4. The number of rotatable bonds is 7. The van der Waals surface area contributed by atoms with Crippen molar-refractivity contribution in [2.75, 3.05) is 21.2 Å². The lowest BCUT2D eigenvalue weighted by Crippen LogP contribution is -2.10. The normalized spacial score (nSPS) is 11.4. The zero-order chi connectivity index (χ0) is 20.9. The van der Waals surface area contributed by atoms with Crippen LogP contribution in [0, 0.1) is 0 Å². The molecule has 0 aliphatic carbocycles. The first-order valence-electron chi connectivity index (χ1n) is 9.84. The summed E-state index contributed by atoms with van der Waals surface area (Å²) in [5, 5.41) is 7.69. The molecule has 2 aromatic heterocycles. The van der Waals surface area contributed by atoms with Gasteiger partial charge in [0.25, 0.3) is 0 Å². The predicted molar refractivity (Wildman–Crippen MR) is 132 cm³/mol. The molecular weight excluding hydrogens is 445 g/mol. The summed E-state index contributed by atoms with van der Waals surface area (Å²) in [4.78, 5) is 11.2. The van der Waals surface area contributed by atoms with E-state index >= 15 is 0 Å². The molecule has 0 aliphatic rings. The van der Waals surface area contributed by atoms with Gasteiger partial charge in [-0.05, 0) is 61.1 Å². The van der Waals surface area contributed by atoms with E-state index in [1.54, 1.807) is 19.5 Å². The first-order chi connectivity index (χ1) is 14.6. The van der Waals surface area contributed by atoms with Gasteiger partial charge in [-0.25, -0.2) is 4.98 Å². The lowest BCUT2D eigenvalue weighted by Gasteiger charge is -2.15. The summed E-state index contributed by atoms with van der Waals surface area (Å²) in [6.45, 7) is 0.872. The van der Waals surface area contributed by atoms with Crippen molar-refractivity contribution in [3.63, 3.8) is 0 Å². The van der Waals surface area contributed by atoms with Gasteiger partial charge in [0, 0.05) is 24.5 Å². The number of aromatic amines is 1. The predicted octanol–water partition coefficient (Wildman–Crippen LogP) is 4.96. The molecule has 0 amide bonds. The molecule has 0 bridgehead atoms. The van der Waals surface area contributed by atoms with Crippen molar-refractivity contribution in [2.45, 2.75) is 12.5 Å². The zero-order valence-electron chi connectivity index (χ0n) is 18.2. The van der Waals surface area contributed by atoms with Crippen molar-refractivity contribution >= 4 is 24.8 Å². The van der Waals surface area contributed by atoms with Crippen LogP contribution in [0.25, 0.3) is 11.4 Å². The minimum absolute atomic E-state index is 0. The van der Waals surface area contributed by atoms with E-state index in [1.165, 1.54) is 5.56 Å². The van der Waals surface area contributed by atoms with Crippen molar-refractivity contribution in [2.24, 2.45) is 0 Å². The van der Waals surface area contributed by atoms with Gasteiger partial charge in [-0.2, -0.15) is 5.10 Å². The monoisotopic (exact) mass is 471 g/mol. The van der Waals surface area contributed by atoms with Crippen LogP contribution in [-0.2, 0) is 6.54 Å². The summed E-state index contributed by atoms with van der Waals surface area (Å²) in [7, 11) is 5.79. The summed E-state index contributed by atoms with van der Waals surface area (Å²) in [5.41, 5.74) is 4.43. The molecule has 1 atom stereocenters. The van der Waals surface area contributed by atoms with Crippen LogP contribution in [-0.4, -0.2) is 46.3 Å². The minimum atomic E-state index is -0.0786. The van der Waals surface area contributed by atoms with Gasteiger partial charge in [-0.15, -0.1) is 24.8 Å². The third kappa shape index (κ3) is 5.85. The standard InChI is InChI=1S/C24H25N5O.2ClH/c1-29(2)16-17-5-4-6-20(15-17)23-26-24(28-27-23)22(19-11-13-25-14-12-19)18-7-9-21(30-3)10-8-18;;/h4-15,22H,16H2,1-3H3,(H,26,27,28);2*1H. The number of nitrogens with one attached hydrogen (secondary N) is 1. The van der Waals surface area contributed by atoms with E-state index in [0.717, 1.165) is 34.8 Å². The Bertz CT molecular complexity index is 1100. The number of aromatic nitrogens is 4. The third-order valence-electron chi connectivity index (χ3n) is 4.95. The van der Waals surface area contributed by atoms with Crippen LogP contribution in [0.1, 0.15) is 28.4 Å². The topological polar surface area (TPSA) is 66.9 Å². The minimum Gasteiger partial charge on any atom is -0.497 e. The number of nitrogens with zero attached hydrogens (tertiary/aromatic N) is 4. The largest absolute Gasteiger partial charge is 0.497 e. The van der Waals surface area contributed by atoms with Crippen LogP contribution >= 0.6 is 24.8 Å². The lowest BCUT2D eigenvalue weighted by atomic mass is 9.91. The number of hydrogen-bond acceptors (Lipinski definition) is 5. The van der Waals surface area contributed by atoms with E-state index in [9.17, 15) is 0 Å². The molecule has 2 heterocycles. The molecule has 6 nitrogen and oxygen atoms in total. The third-order valence-corrected chi connectivity index (χ3v) is 4.95. The van der Waals surface area contributed by atoms with Gasteiger partial charge in [0.1, 0.15) is 11.6 Å². The van der Waals surface area contributed by atoms with Gasteiger partial charge in [-0.1, -0.05) is 30.3 Å². The van der Waals surface area contributed by atoms with Crippen LogP contribution < -0.4 is 4.74 Å².